The first-order chi connectivity index (χ1) is 8.27. The van der Waals surface area contributed by atoms with Crippen molar-refractivity contribution in [1.82, 2.24) is 0 Å². The van der Waals surface area contributed by atoms with Crippen molar-refractivity contribution in [3.05, 3.63) is 24.0 Å². The molecule has 0 saturated carbocycles. The third-order valence-corrected chi connectivity index (χ3v) is 3.79. The summed E-state index contributed by atoms with van der Waals surface area (Å²) in [5.41, 5.74) is 0.662. The van der Waals surface area contributed by atoms with E-state index in [0.717, 1.165) is 5.69 Å². The molecule has 1 saturated heterocycles. The molecule has 98 valence electrons. The molecule has 18 heavy (non-hydrogen) atoms. The van der Waals surface area contributed by atoms with Gasteiger partial charge in [-0.25, -0.2) is 4.39 Å². The van der Waals surface area contributed by atoms with Gasteiger partial charge in [-0.3, -0.25) is 0 Å². The van der Waals surface area contributed by atoms with Crippen molar-refractivity contribution in [2.75, 3.05) is 12.4 Å². The second kappa shape index (κ2) is 4.25. The molecule has 0 spiro atoms. The topological polar surface area (TPSA) is 30.5 Å². The summed E-state index contributed by atoms with van der Waals surface area (Å²) >= 11 is 0. The molecule has 0 bridgehead atoms. The lowest BCUT2D eigenvalue weighted by Crippen LogP contribution is -2.41. The highest BCUT2D eigenvalue weighted by atomic mass is 19.1. The van der Waals surface area contributed by atoms with Crippen LogP contribution in [0.2, 0.25) is 0 Å². The van der Waals surface area contributed by atoms with E-state index in [4.69, 9.17) is 9.31 Å². The van der Waals surface area contributed by atoms with Crippen molar-refractivity contribution in [2.24, 2.45) is 0 Å². The Kier molecular flexibility index (Phi) is 3.15. The lowest BCUT2D eigenvalue weighted by Gasteiger charge is -2.32. The van der Waals surface area contributed by atoms with Crippen LogP contribution >= 0.6 is 0 Å². The van der Waals surface area contributed by atoms with E-state index < -0.39 is 18.3 Å². The fraction of sp³-hybridized carbons (Fsp3) is 0.538. The second-order valence-corrected chi connectivity index (χ2v) is 5.57. The minimum Gasteiger partial charge on any atom is -0.399 e. The van der Waals surface area contributed by atoms with Crippen LogP contribution in [0, 0.1) is 5.82 Å². The number of nitrogens with one attached hydrogen (secondary N) is 1. The molecular weight excluding hydrogens is 232 g/mol. The molecule has 0 amide bonds. The van der Waals surface area contributed by atoms with Crippen LogP contribution in [0.25, 0.3) is 0 Å². The fourth-order valence-electron chi connectivity index (χ4n) is 1.93. The molecule has 0 atom stereocenters. The van der Waals surface area contributed by atoms with E-state index >= 15 is 0 Å². The van der Waals surface area contributed by atoms with Crippen LogP contribution in [0.5, 0.6) is 0 Å². The Balaban J connectivity index is 2.37. The van der Waals surface area contributed by atoms with Crippen LogP contribution in [0.1, 0.15) is 27.7 Å². The number of anilines is 1. The minimum atomic E-state index is -0.548. The summed E-state index contributed by atoms with van der Waals surface area (Å²) in [6.07, 6.45) is 0. The van der Waals surface area contributed by atoms with E-state index in [-0.39, 0.29) is 5.82 Å². The molecule has 1 aliphatic rings. The van der Waals surface area contributed by atoms with Gasteiger partial charge in [-0.15, -0.1) is 0 Å². The zero-order chi connectivity index (χ0) is 13.6. The predicted molar refractivity (Wildman–Crippen MR) is 71.7 cm³/mol. The molecule has 0 radical (unpaired) electrons. The molecule has 5 heteroatoms. The Morgan fingerprint density at radius 1 is 1.11 bits per heavy atom. The number of hydrogen-bond acceptors (Lipinski definition) is 3. The number of hydrogen-bond donors (Lipinski definition) is 1. The summed E-state index contributed by atoms with van der Waals surface area (Å²) in [5.74, 6) is -0.293. The van der Waals surface area contributed by atoms with Gasteiger partial charge in [0, 0.05) is 18.2 Å². The summed E-state index contributed by atoms with van der Waals surface area (Å²) in [7, 11) is 1.25. The smallest absolute Gasteiger partial charge is 0.399 e. The van der Waals surface area contributed by atoms with Crippen molar-refractivity contribution in [1.29, 1.82) is 0 Å². The normalized spacial score (nSPS) is 21.1. The van der Waals surface area contributed by atoms with Crippen LogP contribution in [0.4, 0.5) is 10.1 Å². The molecule has 1 heterocycles. The molecular formula is C13H19BFNO2. The van der Waals surface area contributed by atoms with Gasteiger partial charge in [0.1, 0.15) is 5.82 Å². The van der Waals surface area contributed by atoms with Crippen molar-refractivity contribution < 1.29 is 13.7 Å². The first-order valence-corrected chi connectivity index (χ1v) is 6.10. The van der Waals surface area contributed by atoms with Gasteiger partial charge in [-0.1, -0.05) is 0 Å². The molecule has 2 rings (SSSR count). The molecule has 0 unspecified atom stereocenters. The Labute approximate surface area is 108 Å². The SMILES string of the molecule is CNc1ccc(F)cc1B1OC(C)(C)C(C)(C)O1. The Bertz CT molecular complexity index is 446. The van der Waals surface area contributed by atoms with Gasteiger partial charge in [-0.05, 0) is 45.9 Å². The largest absolute Gasteiger partial charge is 0.497 e. The third kappa shape index (κ3) is 2.13. The Hall–Kier alpha value is -1.07. The van der Waals surface area contributed by atoms with Crippen LogP contribution in [0.15, 0.2) is 18.2 Å². The molecule has 1 aromatic rings. The first kappa shape index (κ1) is 13.4. The van der Waals surface area contributed by atoms with Gasteiger partial charge >= 0.3 is 7.12 Å². The molecule has 0 aromatic heterocycles. The molecule has 1 fully saturated rings. The van der Waals surface area contributed by atoms with E-state index in [1.165, 1.54) is 12.1 Å². The predicted octanol–water partition coefficient (Wildman–Crippen LogP) is 2.17. The maximum Gasteiger partial charge on any atom is 0.497 e. The summed E-state index contributed by atoms with van der Waals surface area (Å²) in [4.78, 5) is 0. The average Bonchev–Trinajstić information content (AvgIpc) is 2.48. The van der Waals surface area contributed by atoms with Crippen LogP contribution in [-0.2, 0) is 9.31 Å². The highest BCUT2D eigenvalue weighted by Crippen LogP contribution is 2.37. The zero-order valence-corrected chi connectivity index (χ0v) is 11.5. The molecule has 1 aromatic carbocycles. The maximum atomic E-state index is 13.4. The average molecular weight is 251 g/mol. The van der Waals surface area contributed by atoms with Crippen molar-refractivity contribution in [2.45, 2.75) is 38.9 Å². The lowest BCUT2D eigenvalue weighted by molar-refractivity contribution is 0.00578. The van der Waals surface area contributed by atoms with Gasteiger partial charge < -0.3 is 14.6 Å². The monoisotopic (exact) mass is 251 g/mol. The Morgan fingerprint density at radius 2 is 1.67 bits per heavy atom. The minimum absolute atomic E-state index is 0.293. The standard InChI is InChI=1S/C13H19BFNO2/c1-12(2)13(3,4)18-14(17-12)10-8-9(15)6-7-11(10)16-5/h6-8,16H,1-5H3. The van der Waals surface area contributed by atoms with E-state index in [9.17, 15) is 4.39 Å². The van der Waals surface area contributed by atoms with E-state index in [0.29, 0.717) is 5.46 Å². The van der Waals surface area contributed by atoms with E-state index in [1.54, 1.807) is 13.1 Å². The zero-order valence-electron chi connectivity index (χ0n) is 11.5. The van der Waals surface area contributed by atoms with Crippen LogP contribution in [-0.4, -0.2) is 25.4 Å². The molecule has 1 N–H and O–H groups in total. The molecule has 0 aliphatic carbocycles. The van der Waals surface area contributed by atoms with Gasteiger partial charge in [0.25, 0.3) is 0 Å². The third-order valence-electron chi connectivity index (χ3n) is 3.79. The second-order valence-electron chi connectivity index (χ2n) is 5.57. The fourth-order valence-corrected chi connectivity index (χ4v) is 1.93. The van der Waals surface area contributed by atoms with Gasteiger partial charge in [-0.2, -0.15) is 0 Å². The van der Waals surface area contributed by atoms with Crippen molar-refractivity contribution in [3.8, 4) is 0 Å². The van der Waals surface area contributed by atoms with E-state index in [2.05, 4.69) is 5.32 Å². The van der Waals surface area contributed by atoms with Crippen molar-refractivity contribution in [3.63, 3.8) is 0 Å². The summed E-state index contributed by atoms with van der Waals surface area (Å²) in [5, 5.41) is 3.03. The van der Waals surface area contributed by atoms with Crippen molar-refractivity contribution >= 4 is 18.3 Å². The van der Waals surface area contributed by atoms with E-state index in [1.807, 2.05) is 27.7 Å². The molecule has 1 aliphatic heterocycles. The first-order valence-electron chi connectivity index (χ1n) is 6.10. The summed E-state index contributed by atoms with van der Waals surface area (Å²) in [6.45, 7) is 7.91. The van der Waals surface area contributed by atoms with Gasteiger partial charge in [0.05, 0.1) is 11.2 Å². The van der Waals surface area contributed by atoms with Crippen LogP contribution < -0.4 is 10.8 Å². The maximum absolute atomic E-state index is 13.4. The van der Waals surface area contributed by atoms with Crippen LogP contribution in [0.3, 0.4) is 0 Å². The number of rotatable bonds is 2. The Morgan fingerprint density at radius 3 is 2.17 bits per heavy atom. The highest BCUT2D eigenvalue weighted by Gasteiger charge is 2.52. The highest BCUT2D eigenvalue weighted by molar-refractivity contribution is 6.63. The summed E-state index contributed by atoms with van der Waals surface area (Å²) < 4.78 is 25.2. The quantitative estimate of drug-likeness (QED) is 0.817. The number of benzene rings is 1. The number of halogens is 1. The lowest BCUT2D eigenvalue weighted by atomic mass is 9.77. The molecule has 3 nitrogen and oxygen atoms in total. The van der Waals surface area contributed by atoms with Gasteiger partial charge in [0.15, 0.2) is 0 Å². The van der Waals surface area contributed by atoms with Gasteiger partial charge in [0.2, 0.25) is 0 Å². The summed E-state index contributed by atoms with van der Waals surface area (Å²) in [6, 6.07) is 4.56.